The number of thiazole rings is 2. The predicted octanol–water partition coefficient (Wildman–Crippen LogP) is 4.67. The number of carboxylic acids is 1. The molecule has 17 heteroatoms. The first-order chi connectivity index (χ1) is 21.9. The van der Waals surface area contributed by atoms with Crippen LogP contribution in [-0.4, -0.2) is 52.2 Å². The first kappa shape index (κ1) is 38.7. The second kappa shape index (κ2) is 16.6. The zero-order chi connectivity index (χ0) is 33.1. The number of aryl methyl sites for hydroxylation is 4. The molecule has 6 aromatic rings. The number of halogens is 2. The van der Waals surface area contributed by atoms with Crippen LogP contribution in [-0.2, 0) is 13.1 Å². The maximum Gasteiger partial charge on any atom is 1.00 e. The summed E-state index contributed by atoms with van der Waals surface area (Å²) in [7, 11) is 0. The van der Waals surface area contributed by atoms with Crippen LogP contribution in [0, 0.1) is 27.7 Å². The molecule has 0 saturated heterocycles. The Bertz CT molecular complexity index is 1980. The van der Waals surface area contributed by atoms with Gasteiger partial charge in [-0.25, -0.2) is 14.8 Å². The van der Waals surface area contributed by atoms with Gasteiger partial charge in [0.05, 0.1) is 0 Å². The fraction of sp³-hybridized carbons (Fsp3) is 0.226. The van der Waals surface area contributed by atoms with Crippen molar-refractivity contribution < 1.29 is 39.0 Å². The van der Waals surface area contributed by atoms with Gasteiger partial charge in [-0.1, -0.05) is 59.1 Å². The van der Waals surface area contributed by atoms with Gasteiger partial charge in [-0.05, 0) is 84.3 Å². The van der Waals surface area contributed by atoms with Crippen LogP contribution in [0.5, 0.6) is 0 Å². The number of nitrogens with one attached hydrogen (secondary N) is 2. The van der Waals surface area contributed by atoms with E-state index < -0.39 is 5.97 Å². The molecule has 0 aliphatic carbocycles. The molecule has 0 atom stereocenters. The Balaban J connectivity index is 0.000000250. The average molecular weight is 720 g/mol. The molecule has 4 aromatic heterocycles. The fourth-order valence-corrected chi connectivity index (χ4v) is 6.46. The van der Waals surface area contributed by atoms with Crippen molar-refractivity contribution >= 4 is 88.6 Å². The first-order valence-electron chi connectivity index (χ1n) is 13.9. The van der Waals surface area contributed by atoms with Crippen LogP contribution in [0.2, 0.25) is 10.6 Å². The zero-order valence-corrected chi connectivity index (χ0v) is 30.0. The first-order valence-corrected chi connectivity index (χ1v) is 16.3. The van der Waals surface area contributed by atoms with Crippen molar-refractivity contribution in [1.29, 1.82) is 0 Å². The van der Waals surface area contributed by atoms with E-state index in [1.807, 2.05) is 6.07 Å². The average Bonchev–Trinajstić information content (AvgIpc) is 3.61. The van der Waals surface area contributed by atoms with E-state index in [9.17, 15) is 14.7 Å². The van der Waals surface area contributed by atoms with Gasteiger partial charge in [0.1, 0.15) is 15.1 Å². The van der Waals surface area contributed by atoms with E-state index in [2.05, 4.69) is 98.6 Å². The molecule has 4 N–H and O–H groups in total. The molecule has 244 valence electrons. The molecule has 2 aromatic carbocycles. The Morgan fingerprint density at radius 1 is 0.688 bits per heavy atom. The second-order valence-corrected chi connectivity index (χ2v) is 13.1. The SMILES string of the molecule is CC(=O)c1nc(Cl)nc2nc(NCc3ccc(C)c(C)c3)sc12.Cc1ccc(CNc2nc3nc(Cl)nc(C(=O)O)c3s2)cc1C.[Li+].[OH-]. The number of hydrogen-bond donors (Lipinski definition) is 3. The van der Waals surface area contributed by atoms with Gasteiger partial charge >= 0.3 is 24.8 Å². The van der Waals surface area contributed by atoms with Crippen molar-refractivity contribution in [3.8, 4) is 0 Å². The minimum absolute atomic E-state index is 0. The molecule has 4 heterocycles. The molecule has 0 saturated carbocycles. The molecular formula is C31H29Cl2LiN8O4S2. The summed E-state index contributed by atoms with van der Waals surface area (Å²) in [6.07, 6.45) is 0. The van der Waals surface area contributed by atoms with Crippen molar-refractivity contribution in [3.05, 3.63) is 91.7 Å². The normalized spacial score (nSPS) is 10.5. The van der Waals surface area contributed by atoms with E-state index in [4.69, 9.17) is 23.2 Å². The molecule has 0 radical (unpaired) electrons. The Labute approximate surface area is 305 Å². The number of anilines is 2. The van der Waals surface area contributed by atoms with Crippen LogP contribution < -0.4 is 29.5 Å². The zero-order valence-electron chi connectivity index (χ0n) is 26.8. The van der Waals surface area contributed by atoms with Crippen molar-refractivity contribution in [2.24, 2.45) is 0 Å². The monoisotopic (exact) mass is 718 g/mol. The molecule has 0 unspecified atom stereocenters. The number of Topliss-reactive ketones (excluding diaryl/α,β-unsaturated/α-hetero) is 1. The summed E-state index contributed by atoms with van der Waals surface area (Å²) < 4.78 is 1.06. The van der Waals surface area contributed by atoms with E-state index in [0.29, 0.717) is 44.1 Å². The number of carbonyl (C=O) groups is 2. The summed E-state index contributed by atoms with van der Waals surface area (Å²) in [6, 6.07) is 12.5. The van der Waals surface area contributed by atoms with E-state index in [1.165, 1.54) is 57.4 Å². The van der Waals surface area contributed by atoms with Crippen LogP contribution >= 0.6 is 45.9 Å². The smallest absolute Gasteiger partial charge is 0.870 e. The van der Waals surface area contributed by atoms with Gasteiger partial charge in [-0.15, -0.1) is 0 Å². The quantitative estimate of drug-likeness (QED) is 0.112. The van der Waals surface area contributed by atoms with Gasteiger partial charge in [0.25, 0.3) is 0 Å². The molecule has 12 nitrogen and oxygen atoms in total. The fourth-order valence-electron chi connectivity index (χ4n) is 4.31. The number of aromatic nitrogens is 6. The topological polar surface area (TPSA) is 186 Å². The number of hydrogen-bond acceptors (Lipinski definition) is 13. The Morgan fingerprint density at radius 3 is 1.50 bits per heavy atom. The number of rotatable bonds is 8. The number of carboxylic acid groups (broad SMARTS) is 1. The molecule has 0 aliphatic heterocycles. The van der Waals surface area contributed by atoms with Gasteiger partial charge in [0, 0.05) is 20.0 Å². The third kappa shape index (κ3) is 9.23. The summed E-state index contributed by atoms with van der Waals surface area (Å²) in [5.74, 6) is -1.30. The summed E-state index contributed by atoms with van der Waals surface area (Å²) >= 11 is 14.2. The van der Waals surface area contributed by atoms with Gasteiger partial charge in [-0.3, -0.25) is 4.79 Å². The van der Waals surface area contributed by atoms with E-state index in [1.54, 1.807) is 0 Å². The third-order valence-corrected chi connectivity index (χ3v) is 9.38. The van der Waals surface area contributed by atoms with E-state index >= 15 is 0 Å². The molecule has 48 heavy (non-hydrogen) atoms. The second-order valence-electron chi connectivity index (χ2n) is 10.4. The Kier molecular flexibility index (Phi) is 13.4. The third-order valence-electron chi connectivity index (χ3n) is 7.02. The van der Waals surface area contributed by atoms with Crippen molar-refractivity contribution in [1.82, 2.24) is 29.9 Å². The minimum atomic E-state index is -1.15. The molecule has 0 aliphatic rings. The number of carbonyl (C=O) groups excluding carboxylic acids is 1. The maximum absolute atomic E-state index is 11.7. The summed E-state index contributed by atoms with van der Waals surface area (Å²) in [6.45, 7) is 11.0. The predicted molar refractivity (Wildman–Crippen MR) is 186 cm³/mol. The largest absolute Gasteiger partial charge is 1.00 e. The standard InChI is InChI=1S/C16H15ClN4OS.C15H13ClN4O2S.Li.H2O/c1-8-4-5-11(6-9(8)2)7-18-16-21-14-13(23-16)12(10(3)22)19-15(17)20-14;1-7-3-4-9(5-8(7)2)6-17-15-20-12-11(23-15)10(13(21)22)18-14(16)19-12;;/h4-6H,7H2,1-3H3,(H,18,19,20,21);3-5H,6H2,1-2H3,(H,21,22)(H,17,18,19,20);;1H2/q;;+1;/p-1. The molecule has 0 amide bonds. The molecule has 0 bridgehead atoms. The van der Waals surface area contributed by atoms with Crippen LogP contribution in [0.25, 0.3) is 20.7 Å². The van der Waals surface area contributed by atoms with Gasteiger partial charge in [0.2, 0.25) is 10.6 Å². The molecule has 0 spiro atoms. The van der Waals surface area contributed by atoms with E-state index in [-0.39, 0.29) is 52.0 Å². The van der Waals surface area contributed by atoms with Crippen LogP contribution in [0.3, 0.4) is 0 Å². The van der Waals surface area contributed by atoms with Gasteiger partial charge in [0.15, 0.2) is 33.0 Å². The van der Waals surface area contributed by atoms with Gasteiger partial charge < -0.3 is 21.2 Å². The number of fused-ring (bicyclic) bond motifs is 2. The molecule has 0 fully saturated rings. The van der Waals surface area contributed by atoms with Crippen molar-refractivity contribution in [3.63, 3.8) is 0 Å². The summed E-state index contributed by atoms with van der Waals surface area (Å²) in [5.41, 5.74) is 8.20. The van der Waals surface area contributed by atoms with E-state index in [0.717, 1.165) is 5.56 Å². The van der Waals surface area contributed by atoms with Crippen LogP contribution in [0.15, 0.2) is 36.4 Å². The number of ketones is 1. The minimum Gasteiger partial charge on any atom is -0.870 e. The Morgan fingerprint density at radius 2 is 1.10 bits per heavy atom. The van der Waals surface area contributed by atoms with Crippen LogP contribution in [0.1, 0.15) is 61.3 Å². The molecular weight excluding hydrogens is 690 g/mol. The van der Waals surface area contributed by atoms with Crippen molar-refractivity contribution in [2.45, 2.75) is 47.7 Å². The number of aromatic carboxylic acids is 1. The summed E-state index contributed by atoms with van der Waals surface area (Å²) in [5, 5.41) is 16.8. The number of benzene rings is 2. The number of nitrogens with zero attached hydrogens (tertiary/aromatic N) is 6. The maximum atomic E-state index is 11.7. The summed E-state index contributed by atoms with van der Waals surface area (Å²) in [4.78, 5) is 47.4. The van der Waals surface area contributed by atoms with Crippen LogP contribution in [0.4, 0.5) is 10.3 Å². The van der Waals surface area contributed by atoms with Gasteiger partial charge in [-0.2, -0.15) is 19.9 Å². The Hall–Kier alpha value is -3.74. The molecule has 6 rings (SSSR count). The van der Waals surface area contributed by atoms with Crippen molar-refractivity contribution in [2.75, 3.05) is 10.6 Å².